The zero-order valence-corrected chi connectivity index (χ0v) is 17.6. The summed E-state index contributed by atoms with van der Waals surface area (Å²) in [6.07, 6.45) is 0.128. The number of aliphatic imine (C=N–C) groups is 1. The quantitative estimate of drug-likeness (QED) is 0.660. The van der Waals surface area contributed by atoms with Gasteiger partial charge in [0.25, 0.3) is 5.22 Å². The summed E-state index contributed by atoms with van der Waals surface area (Å²) < 4.78 is 16.5. The molecule has 162 valence electrons. The molecule has 0 aliphatic carbocycles. The van der Waals surface area contributed by atoms with Crippen molar-refractivity contribution in [3.05, 3.63) is 24.1 Å². The van der Waals surface area contributed by atoms with Crippen LogP contribution in [0.25, 0.3) is 0 Å². The first-order valence-electron chi connectivity index (χ1n) is 9.42. The summed E-state index contributed by atoms with van der Waals surface area (Å²) in [7, 11) is 1.38. The fraction of sp³-hybridized carbons (Fsp3) is 0.368. The molecule has 4 rings (SSSR count). The van der Waals surface area contributed by atoms with E-state index in [-0.39, 0.29) is 35.1 Å². The Morgan fingerprint density at radius 2 is 2.00 bits per heavy atom. The number of anilines is 1. The van der Waals surface area contributed by atoms with Gasteiger partial charge >= 0.3 is 6.03 Å². The number of hydrogen-bond donors (Lipinski definition) is 1. The molecule has 31 heavy (non-hydrogen) atoms. The molecule has 0 saturated heterocycles. The summed E-state index contributed by atoms with van der Waals surface area (Å²) in [5.74, 6) is 0.238. The lowest BCUT2D eigenvalue weighted by atomic mass is 9.97. The van der Waals surface area contributed by atoms with Gasteiger partial charge in [-0.3, -0.25) is 14.5 Å². The first kappa shape index (κ1) is 20.8. The second-order valence-electron chi connectivity index (χ2n) is 6.85. The zero-order chi connectivity index (χ0) is 22.0. The predicted molar refractivity (Wildman–Crippen MR) is 110 cm³/mol. The fourth-order valence-electron chi connectivity index (χ4n) is 3.04. The number of hydrogen-bond acceptors (Lipinski definition) is 9. The second-order valence-corrected chi connectivity index (χ2v) is 7.77. The number of thioether (sulfide) groups is 1. The van der Waals surface area contributed by atoms with Gasteiger partial charge in [-0.2, -0.15) is 0 Å². The van der Waals surface area contributed by atoms with Gasteiger partial charge in [0.05, 0.1) is 11.7 Å². The summed E-state index contributed by atoms with van der Waals surface area (Å²) >= 11 is 1.07. The number of fused-ring (bicyclic) bond motifs is 1. The number of aromatic nitrogens is 2. The molecule has 0 spiro atoms. The molecule has 2 aliphatic heterocycles. The van der Waals surface area contributed by atoms with Crippen LogP contribution in [-0.2, 0) is 16.0 Å². The molecule has 0 fully saturated rings. The van der Waals surface area contributed by atoms with Gasteiger partial charge in [-0.15, -0.1) is 10.2 Å². The Bertz CT molecular complexity index is 1070. The van der Waals surface area contributed by atoms with Gasteiger partial charge < -0.3 is 19.2 Å². The number of nitrogens with one attached hydrogen (secondary N) is 1. The van der Waals surface area contributed by atoms with Gasteiger partial charge in [0.2, 0.25) is 17.7 Å². The number of carbonyl (C=O) groups is 3. The maximum atomic E-state index is 12.3. The van der Waals surface area contributed by atoms with Crippen LogP contribution in [0.3, 0.4) is 0 Å². The standard InChI is InChI=1S/C19H19N5O6S/c1-10-12(17(26)24(2)18(27)20-10)8-16-22-23-19(30-16)31-9-15(25)21-11-3-4-13-14(7-11)29-6-5-28-13/h3-4,7,12H,5-6,8-9H2,1-2H3,(H,21,25). The van der Waals surface area contributed by atoms with E-state index in [0.29, 0.717) is 36.1 Å². The first-order valence-corrected chi connectivity index (χ1v) is 10.4. The number of rotatable bonds is 6. The Morgan fingerprint density at radius 3 is 2.81 bits per heavy atom. The largest absolute Gasteiger partial charge is 0.486 e. The van der Waals surface area contributed by atoms with Gasteiger partial charge in [-0.05, 0) is 19.1 Å². The highest BCUT2D eigenvalue weighted by molar-refractivity contribution is 7.99. The van der Waals surface area contributed by atoms with Crippen LogP contribution in [0.4, 0.5) is 10.5 Å². The molecule has 11 nitrogen and oxygen atoms in total. The van der Waals surface area contributed by atoms with Gasteiger partial charge in [-0.1, -0.05) is 11.8 Å². The number of urea groups is 1. The summed E-state index contributed by atoms with van der Waals surface area (Å²) in [4.78, 5) is 40.9. The number of ether oxygens (including phenoxy) is 2. The minimum absolute atomic E-state index is 0.0517. The summed E-state index contributed by atoms with van der Waals surface area (Å²) in [5.41, 5.74) is 0.990. The minimum atomic E-state index is -0.639. The minimum Gasteiger partial charge on any atom is -0.486 e. The highest BCUT2D eigenvalue weighted by Gasteiger charge is 2.34. The third-order valence-corrected chi connectivity index (χ3v) is 5.49. The highest BCUT2D eigenvalue weighted by Crippen LogP contribution is 2.32. The van der Waals surface area contributed by atoms with Crippen molar-refractivity contribution in [1.82, 2.24) is 15.1 Å². The van der Waals surface area contributed by atoms with E-state index in [9.17, 15) is 14.4 Å². The molecule has 1 atom stereocenters. The van der Waals surface area contributed by atoms with Crippen molar-refractivity contribution < 1.29 is 28.3 Å². The molecular formula is C19H19N5O6S. The van der Waals surface area contributed by atoms with Crippen LogP contribution in [0.1, 0.15) is 12.8 Å². The van der Waals surface area contributed by atoms with E-state index in [1.165, 1.54) is 7.05 Å². The molecular weight excluding hydrogens is 426 g/mol. The molecule has 1 N–H and O–H groups in total. The Morgan fingerprint density at radius 1 is 1.23 bits per heavy atom. The molecule has 0 bridgehead atoms. The van der Waals surface area contributed by atoms with Crippen molar-refractivity contribution in [2.45, 2.75) is 18.6 Å². The van der Waals surface area contributed by atoms with Crippen LogP contribution < -0.4 is 14.8 Å². The maximum Gasteiger partial charge on any atom is 0.349 e. The molecule has 0 radical (unpaired) electrons. The van der Waals surface area contributed by atoms with Gasteiger partial charge in [-0.25, -0.2) is 9.79 Å². The molecule has 2 aromatic rings. The van der Waals surface area contributed by atoms with Crippen molar-refractivity contribution in [2.24, 2.45) is 10.9 Å². The smallest absolute Gasteiger partial charge is 0.349 e. The second kappa shape index (κ2) is 8.76. The SMILES string of the molecule is CC1=NC(=O)N(C)C(=O)C1Cc1nnc(SCC(=O)Nc2ccc3c(c2)OCCO3)o1. The van der Waals surface area contributed by atoms with Gasteiger partial charge in [0.15, 0.2) is 11.5 Å². The molecule has 12 heteroatoms. The number of amides is 4. The van der Waals surface area contributed by atoms with Crippen molar-refractivity contribution in [1.29, 1.82) is 0 Å². The zero-order valence-electron chi connectivity index (χ0n) is 16.8. The van der Waals surface area contributed by atoms with E-state index < -0.39 is 11.9 Å². The lowest BCUT2D eigenvalue weighted by molar-refractivity contribution is -0.129. The highest BCUT2D eigenvalue weighted by atomic mass is 32.2. The fourth-order valence-corrected chi connectivity index (χ4v) is 3.63. The van der Waals surface area contributed by atoms with E-state index in [4.69, 9.17) is 13.9 Å². The summed E-state index contributed by atoms with van der Waals surface area (Å²) in [6, 6.07) is 4.58. The van der Waals surface area contributed by atoms with Crippen LogP contribution in [0, 0.1) is 5.92 Å². The molecule has 4 amide bonds. The Labute approximate surface area is 181 Å². The average molecular weight is 445 g/mol. The number of nitrogens with zero attached hydrogens (tertiary/aromatic N) is 4. The normalized spacial score (nSPS) is 18.1. The monoisotopic (exact) mass is 445 g/mol. The number of carbonyl (C=O) groups excluding carboxylic acids is 3. The van der Waals surface area contributed by atoms with Crippen molar-refractivity contribution in [2.75, 3.05) is 31.3 Å². The molecule has 1 aromatic heterocycles. The van der Waals surface area contributed by atoms with E-state index in [1.807, 2.05) is 0 Å². The van der Waals surface area contributed by atoms with Crippen LogP contribution in [0.15, 0.2) is 32.8 Å². The third-order valence-electron chi connectivity index (χ3n) is 4.67. The average Bonchev–Trinajstić information content (AvgIpc) is 3.21. The van der Waals surface area contributed by atoms with Gasteiger partial charge in [0, 0.05) is 30.9 Å². The van der Waals surface area contributed by atoms with Gasteiger partial charge in [0.1, 0.15) is 13.2 Å². The molecule has 0 saturated carbocycles. The molecule has 3 heterocycles. The lowest BCUT2D eigenvalue weighted by Crippen LogP contribution is -2.44. The number of benzene rings is 1. The number of imide groups is 1. The first-order chi connectivity index (χ1) is 14.9. The van der Waals surface area contributed by atoms with Crippen LogP contribution >= 0.6 is 11.8 Å². The van der Waals surface area contributed by atoms with E-state index in [1.54, 1.807) is 25.1 Å². The maximum absolute atomic E-state index is 12.3. The molecule has 2 aliphatic rings. The molecule has 1 unspecified atom stereocenters. The van der Waals surface area contributed by atoms with E-state index in [0.717, 1.165) is 16.7 Å². The predicted octanol–water partition coefficient (Wildman–Crippen LogP) is 1.78. The Balaban J connectivity index is 1.31. The van der Waals surface area contributed by atoms with E-state index in [2.05, 4.69) is 20.5 Å². The summed E-state index contributed by atoms with van der Waals surface area (Å²) in [5, 5.41) is 10.8. The Kier molecular flexibility index (Phi) is 5.89. The van der Waals surface area contributed by atoms with Crippen molar-refractivity contribution >= 4 is 41.0 Å². The van der Waals surface area contributed by atoms with Crippen LogP contribution in [0.2, 0.25) is 0 Å². The third kappa shape index (κ3) is 4.68. The lowest BCUT2D eigenvalue weighted by Gasteiger charge is -2.24. The van der Waals surface area contributed by atoms with Crippen molar-refractivity contribution in [3.63, 3.8) is 0 Å². The Hall–Kier alpha value is -3.41. The molecule has 1 aromatic carbocycles. The topological polar surface area (TPSA) is 136 Å². The van der Waals surface area contributed by atoms with E-state index >= 15 is 0 Å². The van der Waals surface area contributed by atoms with Crippen molar-refractivity contribution in [3.8, 4) is 11.5 Å². The van der Waals surface area contributed by atoms with Crippen LogP contribution in [-0.4, -0.2) is 64.7 Å². The summed E-state index contributed by atoms with van der Waals surface area (Å²) in [6.45, 7) is 2.57. The van der Waals surface area contributed by atoms with Crippen LogP contribution in [0.5, 0.6) is 11.5 Å².